The average Bonchev–Trinajstić information content (AvgIpc) is 2.04. The summed E-state index contributed by atoms with van der Waals surface area (Å²) in [5, 5.41) is 7.43. The van der Waals surface area contributed by atoms with Crippen molar-refractivity contribution in [3.05, 3.63) is 35.4 Å². The van der Waals surface area contributed by atoms with Gasteiger partial charge in [0.15, 0.2) is 0 Å². The Labute approximate surface area is 79.7 Å². The van der Waals surface area contributed by atoms with Gasteiger partial charge in [-0.1, -0.05) is 29.8 Å². The second-order valence-electron chi connectivity index (χ2n) is 3.43. The van der Waals surface area contributed by atoms with Gasteiger partial charge in [-0.15, -0.1) is 0 Å². The predicted molar refractivity (Wildman–Crippen MR) is 56.0 cm³/mol. The maximum atomic E-state index is 7.43. The molecule has 0 atom stereocenters. The molecule has 0 radical (unpaired) electrons. The molecule has 70 valence electrons. The van der Waals surface area contributed by atoms with Crippen molar-refractivity contribution in [2.75, 3.05) is 7.05 Å². The van der Waals surface area contributed by atoms with E-state index in [1.54, 1.807) is 6.92 Å². The first-order valence-electron chi connectivity index (χ1n) is 4.41. The molecule has 13 heavy (non-hydrogen) atoms. The summed E-state index contributed by atoms with van der Waals surface area (Å²) < 4.78 is 0. The van der Waals surface area contributed by atoms with Crippen LogP contribution in [0.25, 0.3) is 0 Å². The fourth-order valence-corrected chi connectivity index (χ4v) is 1.20. The average molecular weight is 176 g/mol. The van der Waals surface area contributed by atoms with E-state index in [2.05, 4.69) is 31.2 Å². The SMILES string of the molecule is CC(=N)N(C)Cc1cccc(C)c1. The van der Waals surface area contributed by atoms with Gasteiger partial charge in [-0.25, -0.2) is 0 Å². The highest BCUT2D eigenvalue weighted by Crippen LogP contribution is 2.06. The van der Waals surface area contributed by atoms with Gasteiger partial charge in [0.1, 0.15) is 0 Å². The van der Waals surface area contributed by atoms with Gasteiger partial charge in [-0.05, 0) is 19.4 Å². The second kappa shape index (κ2) is 4.08. The van der Waals surface area contributed by atoms with E-state index in [0.717, 1.165) is 6.54 Å². The van der Waals surface area contributed by atoms with Crippen LogP contribution >= 0.6 is 0 Å². The predicted octanol–water partition coefficient (Wildman–Crippen LogP) is 2.42. The molecule has 0 heterocycles. The van der Waals surface area contributed by atoms with Crippen LogP contribution in [0, 0.1) is 12.3 Å². The van der Waals surface area contributed by atoms with Crippen LogP contribution in [0.4, 0.5) is 0 Å². The largest absolute Gasteiger partial charge is 0.360 e. The van der Waals surface area contributed by atoms with Crippen LogP contribution in [0.3, 0.4) is 0 Å². The third-order valence-corrected chi connectivity index (χ3v) is 2.07. The van der Waals surface area contributed by atoms with Gasteiger partial charge in [0.05, 0.1) is 5.84 Å². The van der Waals surface area contributed by atoms with E-state index in [-0.39, 0.29) is 0 Å². The molecule has 1 aromatic rings. The lowest BCUT2D eigenvalue weighted by molar-refractivity contribution is 0.494. The number of aryl methyl sites for hydroxylation is 1. The summed E-state index contributed by atoms with van der Waals surface area (Å²) in [6.07, 6.45) is 0. The van der Waals surface area contributed by atoms with Crippen molar-refractivity contribution in [2.45, 2.75) is 20.4 Å². The first kappa shape index (κ1) is 9.78. The van der Waals surface area contributed by atoms with Crippen molar-refractivity contribution in [1.82, 2.24) is 4.90 Å². The van der Waals surface area contributed by atoms with Gasteiger partial charge in [0.2, 0.25) is 0 Å². The number of hydrogen-bond acceptors (Lipinski definition) is 1. The molecule has 1 rings (SSSR count). The Hall–Kier alpha value is -1.31. The summed E-state index contributed by atoms with van der Waals surface area (Å²) in [4.78, 5) is 1.93. The van der Waals surface area contributed by atoms with E-state index in [1.165, 1.54) is 11.1 Å². The van der Waals surface area contributed by atoms with Crippen molar-refractivity contribution in [3.8, 4) is 0 Å². The Balaban J connectivity index is 2.69. The maximum absolute atomic E-state index is 7.43. The number of benzene rings is 1. The smallest absolute Gasteiger partial charge is 0.0926 e. The molecule has 0 unspecified atom stereocenters. The number of amidine groups is 1. The minimum Gasteiger partial charge on any atom is -0.360 e. The number of nitrogens with zero attached hydrogens (tertiary/aromatic N) is 1. The fraction of sp³-hybridized carbons (Fsp3) is 0.364. The Morgan fingerprint density at radius 2 is 2.15 bits per heavy atom. The van der Waals surface area contributed by atoms with Crippen molar-refractivity contribution in [2.24, 2.45) is 0 Å². The van der Waals surface area contributed by atoms with E-state index in [4.69, 9.17) is 5.41 Å². The van der Waals surface area contributed by atoms with Gasteiger partial charge >= 0.3 is 0 Å². The standard InChI is InChI=1S/C11H16N2/c1-9-5-4-6-11(7-9)8-13(3)10(2)12/h4-7,12H,8H2,1-3H3. The molecule has 0 aliphatic rings. The lowest BCUT2D eigenvalue weighted by Gasteiger charge is -2.17. The molecule has 1 aromatic carbocycles. The molecule has 0 aliphatic heterocycles. The minimum atomic E-state index is 0.599. The molecule has 0 saturated heterocycles. The van der Waals surface area contributed by atoms with E-state index >= 15 is 0 Å². The number of hydrogen-bond donors (Lipinski definition) is 1. The highest BCUT2D eigenvalue weighted by molar-refractivity contribution is 5.75. The molecule has 0 spiro atoms. The molecule has 0 fully saturated rings. The lowest BCUT2D eigenvalue weighted by atomic mass is 10.1. The van der Waals surface area contributed by atoms with Crippen molar-refractivity contribution in [3.63, 3.8) is 0 Å². The van der Waals surface area contributed by atoms with Gasteiger partial charge in [-0.3, -0.25) is 5.41 Å². The molecule has 0 bridgehead atoms. The monoisotopic (exact) mass is 176 g/mol. The Kier molecular flexibility index (Phi) is 3.07. The molecular weight excluding hydrogens is 160 g/mol. The highest BCUT2D eigenvalue weighted by Gasteiger charge is 1.99. The zero-order valence-electron chi connectivity index (χ0n) is 8.46. The van der Waals surface area contributed by atoms with E-state index in [0.29, 0.717) is 5.84 Å². The van der Waals surface area contributed by atoms with E-state index < -0.39 is 0 Å². The molecule has 0 aromatic heterocycles. The fourth-order valence-electron chi connectivity index (χ4n) is 1.20. The molecule has 2 nitrogen and oxygen atoms in total. The van der Waals surface area contributed by atoms with Crippen LogP contribution in [0.1, 0.15) is 18.1 Å². The van der Waals surface area contributed by atoms with Crippen molar-refractivity contribution in [1.29, 1.82) is 5.41 Å². The topological polar surface area (TPSA) is 27.1 Å². The lowest BCUT2D eigenvalue weighted by Crippen LogP contribution is -2.22. The first-order chi connectivity index (χ1) is 6.09. The Morgan fingerprint density at radius 3 is 2.69 bits per heavy atom. The molecular formula is C11H16N2. The molecule has 0 aliphatic carbocycles. The van der Waals surface area contributed by atoms with E-state index in [9.17, 15) is 0 Å². The minimum absolute atomic E-state index is 0.599. The zero-order chi connectivity index (χ0) is 9.84. The van der Waals surface area contributed by atoms with Crippen LogP contribution < -0.4 is 0 Å². The number of rotatable bonds is 2. The van der Waals surface area contributed by atoms with Crippen LogP contribution in [0.5, 0.6) is 0 Å². The van der Waals surface area contributed by atoms with Gasteiger partial charge in [0, 0.05) is 13.6 Å². The summed E-state index contributed by atoms with van der Waals surface area (Å²) >= 11 is 0. The van der Waals surface area contributed by atoms with E-state index in [1.807, 2.05) is 11.9 Å². The van der Waals surface area contributed by atoms with Crippen molar-refractivity contribution >= 4 is 5.84 Å². The van der Waals surface area contributed by atoms with Crippen LogP contribution in [-0.4, -0.2) is 17.8 Å². The quantitative estimate of drug-likeness (QED) is 0.543. The third kappa shape index (κ3) is 2.90. The van der Waals surface area contributed by atoms with Crippen LogP contribution in [0.2, 0.25) is 0 Å². The van der Waals surface area contributed by atoms with Crippen LogP contribution in [0.15, 0.2) is 24.3 Å². The Bertz CT molecular complexity index is 305. The summed E-state index contributed by atoms with van der Waals surface area (Å²) in [7, 11) is 1.94. The molecule has 0 saturated carbocycles. The number of nitrogens with one attached hydrogen (secondary N) is 1. The summed E-state index contributed by atoms with van der Waals surface area (Å²) in [5.74, 6) is 0.599. The summed E-state index contributed by atoms with van der Waals surface area (Å²) in [6.45, 7) is 4.70. The molecule has 0 amide bonds. The summed E-state index contributed by atoms with van der Waals surface area (Å²) in [5.41, 5.74) is 2.53. The highest BCUT2D eigenvalue weighted by atomic mass is 15.1. The maximum Gasteiger partial charge on any atom is 0.0926 e. The zero-order valence-corrected chi connectivity index (χ0v) is 8.46. The normalized spacial score (nSPS) is 9.77. The summed E-state index contributed by atoms with van der Waals surface area (Å²) in [6, 6.07) is 8.38. The third-order valence-electron chi connectivity index (χ3n) is 2.07. The van der Waals surface area contributed by atoms with Crippen LogP contribution in [-0.2, 0) is 6.54 Å². The van der Waals surface area contributed by atoms with Crippen molar-refractivity contribution < 1.29 is 0 Å². The van der Waals surface area contributed by atoms with Gasteiger partial charge in [-0.2, -0.15) is 0 Å². The second-order valence-corrected chi connectivity index (χ2v) is 3.43. The molecule has 1 N–H and O–H groups in total. The Morgan fingerprint density at radius 1 is 1.46 bits per heavy atom. The van der Waals surface area contributed by atoms with Gasteiger partial charge in [0.25, 0.3) is 0 Å². The van der Waals surface area contributed by atoms with Gasteiger partial charge < -0.3 is 4.90 Å². The molecule has 2 heteroatoms. The first-order valence-corrected chi connectivity index (χ1v) is 4.41.